The Labute approximate surface area is 143 Å². The Kier molecular flexibility index (Phi) is 4.71. The monoisotopic (exact) mass is 349 g/mol. The summed E-state index contributed by atoms with van der Waals surface area (Å²) in [4.78, 5) is 11.4. The summed E-state index contributed by atoms with van der Waals surface area (Å²) in [6.45, 7) is 2.27. The van der Waals surface area contributed by atoms with E-state index < -0.39 is 16.7 Å². The second-order valence-corrected chi connectivity index (χ2v) is 8.26. The highest BCUT2D eigenvalue weighted by atomic mass is 32.3. The first-order chi connectivity index (χ1) is 11.4. The highest BCUT2D eigenvalue weighted by molar-refractivity contribution is 8.26. The molecule has 1 unspecified atom stereocenters. The van der Waals surface area contributed by atoms with Crippen LogP contribution in [0, 0.1) is 5.92 Å². The summed E-state index contributed by atoms with van der Waals surface area (Å²) in [5, 5.41) is 10.8. The van der Waals surface area contributed by atoms with Crippen molar-refractivity contribution >= 4 is 33.2 Å². The SMILES string of the molecule is CC(CCCCCN1c2cccc3cccc(c23)S1(O)O)C(=O)O. The second kappa shape index (κ2) is 6.63. The number of anilines is 1. The lowest BCUT2D eigenvalue weighted by Crippen LogP contribution is -2.25. The fourth-order valence-corrected chi connectivity index (χ4v) is 5.04. The molecular weight excluding hydrogens is 326 g/mol. The summed E-state index contributed by atoms with van der Waals surface area (Å²) in [5.74, 6) is -1.08. The van der Waals surface area contributed by atoms with E-state index in [2.05, 4.69) is 0 Å². The number of carboxylic acids is 1. The van der Waals surface area contributed by atoms with Gasteiger partial charge in [0, 0.05) is 11.9 Å². The molecule has 1 aliphatic heterocycles. The van der Waals surface area contributed by atoms with Crippen LogP contribution in [0.1, 0.15) is 32.6 Å². The largest absolute Gasteiger partial charge is 0.481 e. The van der Waals surface area contributed by atoms with Crippen LogP contribution in [0.3, 0.4) is 0 Å². The van der Waals surface area contributed by atoms with E-state index in [1.165, 1.54) is 0 Å². The van der Waals surface area contributed by atoms with E-state index >= 15 is 0 Å². The van der Waals surface area contributed by atoms with Crippen molar-refractivity contribution in [3.8, 4) is 0 Å². The Hall–Kier alpha value is -1.76. The maximum absolute atomic E-state index is 10.8. The van der Waals surface area contributed by atoms with Gasteiger partial charge in [0.2, 0.25) is 0 Å². The lowest BCUT2D eigenvalue weighted by atomic mass is 10.0. The Morgan fingerprint density at radius 3 is 2.54 bits per heavy atom. The van der Waals surface area contributed by atoms with Crippen LogP contribution in [0.25, 0.3) is 10.8 Å². The van der Waals surface area contributed by atoms with Crippen LogP contribution >= 0.6 is 10.8 Å². The van der Waals surface area contributed by atoms with Crippen molar-refractivity contribution in [3.05, 3.63) is 36.4 Å². The van der Waals surface area contributed by atoms with Gasteiger partial charge in [-0.25, -0.2) is 0 Å². The zero-order valence-corrected chi connectivity index (χ0v) is 14.5. The summed E-state index contributed by atoms with van der Waals surface area (Å²) in [7, 11) is -2.98. The molecular formula is C18H23NO4S. The van der Waals surface area contributed by atoms with Gasteiger partial charge in [-0.15, -0.1) is 0 Å². The number of carboxylic acid groups (broad SMARTS) is 1. The van der Waals surface area contributed by atoms with Crippen molar-refractivity contribution in [3.63, 3.8) is 0 Å². The minimum Gasteiger partial charge on any atom is -0.481 e. The van der Waals surface area contributed by atoms with Gasteiger partial charge in [-0.2, -0.15) is 0 Å². The first kappa shape index (κ1) is 17.1. The van der Waals surface area contributed by atoms with Crippen LogP contribution in [0.4, 0.5) is 5.69 Å². The van der Waals surface area contributed by atoms with E-state index in [4.69, 9.17) is 5.11 Å². The van der Waals surface area contributed by atoms with E-state index in [9.17, 15) is 13.9 Å². The van der Waals surface area contributed by atoms with Crippen LogP contribution in [0.15, 0.2) is 41.3 Å². The molecule has 0 amide bonds. The molecule has 1 atom stereocenters. The summed E-state index contributed by atoms with van der Waals surface area (Å²) in [6.07, 6.45) is 3.15. The van der Waals surface area contributed by atoms with Gasteiger partial charge in [0.15, 0.2) is 0 Å². The lowest BCUT2D eigenvalue weighted by molar-refractivity contribution is -0.141. The molecule has 3 N–H and O–H groups in total. The maximum atomic E-state index is 10.8. The second-order valence-electron chi connectivity index (χ2n) is 6.34. The minimum absolute atomic E-state index is 0.324. The molecule has 5 nitrogen and oxygen atoms in total. The average molecular weight is 349 g/mol. The topological polar surface area (TPSA) is 81.0 Å². The van der Waals surface area contributed by atoms with Gasteiger partial charge < -0.3 is 5.11 Å². The number of benzene rings is 2. The Bertz CT molecular complexity index is 757. The molecule has 0 aromatic heterocycles. The van der Waals surface area contributed by atoms with Gasteiger partial charge in [0.1, 0.15) is 0 Å². The van der Waals surface area contributed by atoms with E-state index in [0.29, 0.717) is 17.9 Å². The minimum atomic E-state index is -2.98. The summed E-state index contributed by atoms with van der Waals surface area (Å²) < 4.78 is 23.1. The average Bonchev–Trinajstić information content (AvgIpc) is 2.77. The molecule has 2 aromatic rings. The van der Waals surface area contributed by atoms with E-state index in [1.807, 2.05) is 30.3 Å². The molecule has 6 heteroatoms. The third kappa shape index (κ3) is 2.97. The summed E-state index contributed by atoms with van der Waals surface area (Å²) in [6, 6.07) is 11.5. The molecule has 0 fully saturated rings. The molecule has 1 heterocycles. The predicted octanol–water partition coefficient (Wildman–Crippen LogP) is 4.97. The number of aliphatic carboxylic acids is 1. The molecule has 0 bridgehead atoms. The first-order valence-corrected chi connectivity index (χ1v) is 9.74. The number of nitrogens with zero attached hydrogens (tertiary/aromatic N) is 1. The van der Waals surface area contributed by atoms with E-state index in [1.54, 1.807) is 17.3 Å². The molecule has 130 valence electrons. The van der Waals surface area contributed by atoms with E-state index in [-0.39, 0.29) is 5.92 Å². The highest BCUT2D eigenvalue weighted by Gasteiger charge is 2.35. The van der Waals surface area contributed by atoms with Crippen molar-refractivity contribution in [1.29, 1.82) is 0 Å². The lowest BCUT2D eigenvalue weighted by Gasteiger charge is -2.39. The molecule has 3 rings (SSSR count). The molecule has 0 saturated carbocycles. The molecule has 1 aliphatic rings. The van der Waals surface area contributed by atoms with Gasteiger partial charge >= 0.3 is 5.97 Å². The van der Waals surface area contributed by atoms with Crippen molar-refractivity contribution in [2.24, 2.45) is 5.92 Å². The summed E-state index contributed by atoms with van der Waals surface area (Å²) >= 11 is 0. The molecule has 2 aromatic carbocycles. The number of unbranched alkanes of at least 4 members (excludes halogenated alkanes) is 2. The Morgan fingerprint density at radius 1 is 1.12 bits per heavy atom. The van der Waals surface area contributed by atoms with Crippen LogP contribution in [0.2, 0.25) is 0 Å². The van der Waals surface area contributed by atoms with Gasteiger partial charge in [0.05, 0.1) is 16.5 Å². The smallest absolute Gasteiger partial charge is 0.306 e. The number of carbonyl (C=O) groups is 1. The van der Waals surface area contributed by atoms with Gasteiger partial charge in [-0.05, 0) is 30.4 Å². The fourth-order valence-electron chi connectivity index (χ4n) is 3.23. The van der Waals surface area contributed by atoms with Crippen molar-refractivity contribution in [2.45, 2.75) is 37.5 Å². The molecule has 0 saturated heterocycles. The zero-order valence-electron chi connectivity index (χ0n) is 13.7. The third-order valence-electron chi connectivity index (χ3n) is 4.64. The first-order valence-electron chi connectivity index (χ1n) is 8.23. The van der Waals surface area contributed by atoms with Crippen molar-refractivity contribution in [2.75, 3.05) is 10.8 Å². The van der Waals surface area contributed by atoms with Gasteiger partial charge in [-0.1, -0.05) is 54.8 Å². The Morgan fingerprint density at radius 2 is 1.83 bits per heavy atom. The predicted molar refractivity (Wildman–Crippen MR) is 97.7 cm³/mol. The van der Waals surface area contributed by atoms with E-state index in [0.717, 1.165) is 35.7 Å². The number of hydrogen-bond acceptors (Lipinski definition) is 4. The highest BCUT2D eigenvalue weighted by Crippen LogP contribution is 2.63. The zero-order chi connectivity index (χ0) is 17.3. The number of rotatable bonds is 7. The van der Waals surface area contributed by atoms with Gasteiger partial charge in [0.25, 0.3) is 0 Å². The normalized spacial score (nSPS) is 17.9. The standard InChI is InChI=1S/C18H23NO4S/c1-13(18(20)21)7-3-2-4-12-19-15-10-5-8-14-9-6-11-16(17(14)15)24(19,22)23/h5-6,8-11,13,22-23H,2-4,7,12H2,1H3,(H,20,21). The van der Waals surface area contributed by atoms with Crippen LogP contribution in [0.5, 0.6) is 0 Å². The molecule has 0 aliphatic carbocycles. The van der Waals surface area contributed by atoms with Crippen LogP contribution in [-0.4, -0.2) is 26.7 Å². The van der Waals surface area contributed by atoms with Crippen molar-refractivity contribution in [1.82, 2.24) is 0 Å². The van der Waals surface area contributed by atoms with Crippen LogP contribution < -0.4 is 4.31 Å². The van der Waals surface area contributed by atoms with Crippen molar-refractivity contribution < 1.29 is 19.0 Å². The molecule has 0 spiro atoms. The van der Waals surface area contributed by atoms with Gasteiger partial charge in [-0.3, -0.25) is 18.2 Å². The molecule has 0 radical (unpaired) electrons. The third-order valence-corrected chi connectivity index (χ3v) is 6.56. The summed E-state index contributed by atoms with van der Waals surface area (Å²) in [5.41, 5.74) is 0.877. The molecule has 24 heavy (non-hydrogen) atoms. The maximum Gasteiger partial charge on any atom is 0.306 e. The quantitative estimate of drug-likeness (QED) is 0.615. The van der Waals surface area contributed by atoms with Crippen LogP contribution in [-0.2, 0) is 4.79 Å². The fraction of sp³-hybridized carbons (Fsp3) is 0.389. The number of hydrogen-bond donors (Lipinski definition) is 3. The Balaban J connectivity index is 1.67.